The smallest absolute Gasteiger partial charge is 0.244 e. The first kappa shape index (κ1) is 31.2. The summed E-state index contributed by atoms with van der Waals surface area (Å²) in [5.41, 5.74) is 1.92. The number of hydrogen-bond donors (Lipinski definition) is 1. The SMILES string of the molecule is COc1ccccc1N(CC(=O)N(Cc1ccc(Br)cc1)[C@@H](Cc1ccccc1)C(=O)NCC(C)C)S(C)(=O)=O. The van der Waals surface area contributed by atoms with Gasteiger partial charge >= 0.3 is 0 Å². The van der Waals surface area contributed by atoms with Gasteiger partial charge in [-0.2, -0.15) is 0 Å². The predicted octanol–water partition coefficient (Wildman–Crippen LogP) is 4.64. The Kier molecular flexibility index (Phi) is 11.2. The average molecular weight is 631 g/mol. The predicted molar refractivity (Wildman–Crippen MR) is 162 cm³/mol. The van der Waals surface area contributed by atoms with Crippen LogP contribution in [0.25, 0.3) is 0 Å². The van der Waals surface area contributed by atoms with Gasteiger partial charge in [-0.05, 0) is 41.3 Å². The number of methoxy groups -OCH3 is 1. The summed E-state index contributed by atoms with van der Waals surface area (Å²) in [5.74, 6) is -0.287. The third kappa shape index (κ3) is 8.82. The van der Waals surface area contributed by atoms with Crippen molar-refractivity contribution in [2.24, 2.45) is 5.92 Å². The van der Waals surface area contributed by atoms with Crippen molar-refractivity contribution in [2.45, 2.75) is 32.9 Å². The fraction of sp³-hybridized carbons (Fsp3) is 0.333. The van der Waals surface area contributed by atoms with Crippen molar-refractivity contribution in [3.63, 3.8) is 0 Å². The highest BCUT2D eigenvalue weighted by atomic mass is 79.9. The summed E-state index contributed by atoms with van der Waals surface area (Å²) in [6.45, 7) is 4.05. The molecule has 40 heavy (non-hydrogen) atoms. The highest BCUT2D eigenvalue weighted by molar-refractivity contribution is 9.10. The molecular formula is C30H36BrN3O5S. The molecule has 0 saturated carbocycles. The molecule has 0 radical (unpaired) electrons. The summed E-state index contributed by atoms with van der Waals surface area (Å²) < 4.78 is 33.2. The number of amides is 2. The minimum atomic E-state index is -3.88. The van der Waals surface area contributed by atoms with Gasteiger partial charge in [-0.3, -0.25) is 13.9 Å². The minimum absolute atomic E-state index is 0.113. The number of anilines is 1. The second-order valence-electron chi connectivity index (χ2n) is 9.93. The molecule has 214 valence electrons. The van der Waals surface area contributed by atoms with E-state index >= 15 is 0 Å². The maximum absolute atomic E-state index is 14.1. The van der Waals surface area contributed by atoms with E-state index in [1.807, 2.05) is 68.4 Å². The zero-order chi connectivity index (χ0) is 29.3. The van der Waals surface area contributed by atoms with Crippen molar-refractivity contribution in [1.29, 1.82) is 0 Å². The fourth-order valence-electron chi connectivity index (χ4n) is 4.19. The lowest BCUT2D eigenvalue weighted by Crippen LogP contribution is -2.53. The van der Waals surface area contributed by atoms with Crippen molar-refractivity contribution in [3.05, 3.63) is 94.5 Å². The van der Waals surface area contributed by atoms with Crippen LogP contribution in [0.3, 0.4) is 0 Å². The standard InChI is InChI=1S/C30H36BrN3O5S/c1-22(2)19-32-30(36)27(18-23-10-6-5-7-11-23)33(20-24-14-16-25(31)17-15-24)29(35)21-34(40(4,37)38)26-12-8-9-13-28(26)39-3/h5-17,22,27H,18-21H2,1-4H3,(H,32,36)/t27-/m0/s1. The van der Waals surface area contributed by atoms with E-state index < -0.39 is 28.5 Å². The monoisotopic (exact) mass is 629 g/mol. The number of sulfonamides is 1. The first-order valence-electron chi connectivity index (χ1n) is 13.0. The summed E-state index contributed by atoms with van der Waals surface area (Å²) in [6.07, 6.45) is 1.31. The number of benzene rings is 3. The summed E-state index contributed by atoms with van der Waals surface area (Å²) in [4.78, 5) is 29.2. The van der Waals surface area contributed by atoms with Crippen LogP contribution in [0.5, 0.6) is 5.75 Å². The summed E-state index contributed by atoms with van der Waals surface area (Å²) in [7, 11) is -2.44. The molecule has 1 atom stereocenters. The Morgan fingerprint density at radius 2 is 1.55 bits per heavy atom. The Balaban J connectivity index is 2.06. The molecule has 0 spiro atoms. The molecule has 0 aliphatic rings. The number of halogens is 1. The summed E-state index contributed by atoms with van der Waals surface area (Å²) in [6, 6.07) is 22.7. The number of carbonyl (C=O) groups excluding carboxylic acids is 2. The van der Waals surface area contributed by atoms with Gasteiger partial charge in [0.15, 0.2) is 0 Å². The Bertz CT molecular complexity index is 1380. The number of nitrogens with one attached hydrogen (secondary N) is 1. The van der Waals surface area contributed by atoms with Crippen molar-refractivity contribution >= 4 is 43.5 Å². The second-order valence-corrected chi connectivity index (χ2v) is 12.8. The summed E-state index contributed by atoms with van der Waals surface area (Å²) >= 11 is 3.44. The van der Waals surface area contributed by atoms with Gasteiger partial charge in [0.2, 0.25) is 21.8 Å². The molecule has 0 saturated heterocycles. The normalized spacial score (nSPS) is 12.1. The number of para-hydroxylation sites is 2. The van der Waals surface area contributed by atoms with Crippen LogP contribution in [-0.4, -0.2) is 57.6 Å². The number of hydrogen-bond acceptors (Lipinski definition) is 5. The Morgan fingerprint density at radius 1 is 0.925 bits per heavy atom. The molecule has 3 aromatic carbocycles. The van der Waals surface area contributed by atoms with Crippen LogP contribution >= 0.6 is 15.9 Å². The Labute approximate surface area is 245 Å². The van der Waals surface area contributed by atoms with Crippen LogP contribution < -0.4 is 14.4 Å². The van der Waals surface area contributed by atoms with Gasteiger partial charge in [-0.15, -0.1) is 0 Å². The van der Waals surface area contributed by atoms with Crippen LogP contribution in [0.4, 0.5) is 5.69 Å². The zero-order valence-corrected chi connectivity index (χ0v) is 25.6. The van der Waals surface area contributed by atoms with Crippen molar-refractivity contribution < 1.29 is 22.7 Å². The number of rotatable bonds is 13. The maximum Gasteiger partial charge on any atom is 0.244 e. The minimum Gasteiger partial charge on any atom is -0.495 e. The lowest BCUT2D eigenvalue weighted by molar-refractivity contribution is -0.140. The van der Waals surface area contributed by atoms with Crippen LogP contribution in [0.15, 0.2) is 83.3 Å². The Hall–Kier alpha value is -3.37. The van der Waals surface area contributed by atoms with Crippen LogP contribution in [0.1, 0.15) is 25.0 Å². The van der Waals surface area contributed by atoms with Gasteiger partial charge in [-0.25, -0.2) is 8.42 Å². The van der Waals surface area contributed by atoms with E-state index in [4.69, 9.17) is 4.74 Å². The molecule has 1 N–H and O–H groups in total. The Morgan fingerprint density at radius 3 is 2.15 bits per heavy atom. The fourth-order valence-corrected chi connectivity index (χ4v) is 5.31. The van der Waals surface area contributed by atoms with E-state index in [0.717, 1.165) is 26.2 Å². The third-order valence-corrected chi connectivity index (χ3v) is 7.91. The van der Waals surface area contributed by atoms with Crippen molar-refractivity contribution in [2.75, 3.05) is 30.8 Å². The topological polar surface area (TPSA) is 96.0 Å². The highest BCUT2D eigenvalue weighted by Crippen LogP contribution is 2.30. The summed E-state index contributed by atoms with van der Waals surface area (Å²) in [5, 5.41) is 2.97. The molecular weight excluding hydrogens is 594 g/mol. The van der Waals surface area contributed by atoms with Crippen LogP contribution in [0.2, 0.25) is 0 Å². The lowest BCUT2D eigenvalue weighted by atomic mass is 10.0. The third-order valence-electron chi connectivity index (χ3n) is 6.25. The van der Waals surface area contributed by atoms with E-state index in [2.05, 4.69) is 21.2 Å². The highest BCUT2D eigenvalue weighted by Gasteiger charge is 2.33. The molecule has 3 rings (SSSR count). The molecule has 10 heteroatoms. The second kappa shape index (κ2) is 14.3. The first-order chi connectivity index (χ1) is 19.0. The number of ether oxygens (including phenoxy) is 1. The van der Waals surface area contributed by atoms with Gasteiger partial charge in [0.05, 0.1) is 19.1 Å². The maximum atomic E-state index is 14.1. The molecule has 0 aliphatic heterocycles. The quantitative estimate of drug-likeness (QED) is 0.297. The number of nitrogens with zero attached hydrogens (tertiary/aromatic N) is 2. The molecule has 0 unspecified atom stereocenters. The van der Waals surface area contributed by atoms with E-state index in [-0.39, 0.29) is 30.5 Å². The first-order valence-corrected chi connectivity index (χ1v) is 15.6. The zero-order valence-electron chi connectivity index (χ0n) is 23.2. The average Bonchev–Trinajstić information content (AvgIpc) is 2.93. The number of carbonyl (C=O) groups is 2. The molecule has 0 aliphatic carbocycles. The van der Waals surface area contributed by atoms with Gasteiger partial charge < -0.3 is 15.0 Å². The van der Waals surface area contributed by atoms with Crippen LogP contribution in [-0.2, 0) is 32.6 Å². The van der Waals surface area contributed by atoms with Gasteiger partial charge in [0.25, 0.3) is 0 Å². The van der Waals surface area contributed by atoms with E-state index in [0.29, 0.717) is 12.3 Å². The van der Waals surface area contributed by atoms with Crippen molar-refractivity contribution in [3.8, 4) is 5.75 Å². The van der Waals surface area contributed by atoms with E-state index in [1.54, 1.807) is 24.3 Å². The molecule has 8 nitrogen and oxygen atoms in total. The molecule has 0 bridgehead atoms. The molecule has 3 aromatic rings. The van der Waals surface area contributed by atoms with Crippen molar-refractivity contribution in [1.82, 2.24) is 10.2 Å². The van der Waals surface area contributed by atoms with E-state index in [1.165, 1.54) is 12.0 Å². The van der Waals surface area contributed by atoms with Gasteiger partial charge in [0, 0.05) is 24.0 Å². The molecule has 0 fully saturated rings. The molecule has 0 aromatic heterocycles. The van der Waals surface area contributed by atoms with Gasteiger partial charge in [-0.1, -0.05) is 84.4 Å². The lowest BCUT2D eigenvalue weighted by Gasteiger charge is -2.34. The van der Waals surface area contributed by atoms with Gasteiger partial charge in [0.1, 0.15) is 18.3 Å². The van der Waals surface area contributed by atoms with E-state index in [9.17, 15) is 18.0 Å². The van der Waals surface area contributed by atoms with Crippen LogP contribution in [0, 0.1) is 5.92 Å². The largest absolute Gasteiger partial charge is 0.495 e. The molecule has 2 amide bonds. The molecule has 0 heterocycles.